The molecular formula is C13H14N4OS3. The summed E-state index contributed by atoms with van der Waals surface area (Å²) in [6.45, 7) is 0. The van der Waals surface area contributed by atoms with Crippen LogP contribution in [0, 0.1) is 0 Å². The predicted octanol–water partition coefficient (Wildman–Crippen LogP) is 2.72. The zero-order valence-corrected chi connectivity index (χ0v) is 14.0. The van der Waals surface area contributed by atoms with Crippen LogP contribution in [-0.4, -0.2) is 45.2 Å². The van der Waals surface area contributed by atoms with E-state index in [1.54, 1.807) is 4.90 Å². The fraction of sp³-hybridized carbons (Fsp3) is 0.231. The molecule has 0 radical (unpaired) electrons. The third-order valence-electron chi connectivity index (χ3n) is 2.38. The highest BCUT2D eigenvalue weighted by atomic mass is 32.2. The standard InChI is InChI=1S/C13H14N4OS3/c1-17(2)13(19)20-8-10(18)14-12-16-15-11(21-12)9-6-4-3-5-7-9/h3-7H,8H2,1-2H3,(H,14,16,18). The fourth-order valence-corrected chi connectivity index (χ4v) is 2.91. The number of amides is 1. The SMILES string of the molecule is CN(C)C(=S)SCC(=O)Nc1nnc(-c2ccccc2)s1. The number of rotatable bonds is 4. The molecule has 1 aromatic heterocycles. The number of thiocarbonyl (C=S) groups is 1. The first-order valence-electron chi connectivity index (χ1n) is 6.09. The van der Waals surface area contributed by atoms with Gasteiger partial charge in [-0.15, -0.1) is 10.2 Å². The maximum Gasteiger partial charge on any atom is 0.236 e. The topological polar surface area (TPSA) is 58.1 Å². The summed E-state index contributed by atoms with van der Waals surface area (Å²) >= 11 is 7.78. The van der Waals surface area contributed by atoms with Gasteiger partial charge in [0.05, 0.1) is 5.75 Å². The van der Waals surface area contributed by atoms with E-state index in [-0.39, 0.29) is 11.7 Å². The molecule has 110 valence electrons. The minimum absolute atomic E-state index is 0.139. The molecular weight excluding hydrogens is 324 g/mol. The van der Waals surface area contributed by atoms with Crippen molar-refractivity contribution < 1.29 is 4.79 Å². The van der Waals surface area contributed by atoms with Crippen LogP contribution in [0.2, 0.25) is 0 Å². The van der Waals surface area contributed by atoms with Crippen LogP contribution in [0.5, 0.6) is 0 Å². The van der Waals surface area contributed by atoms with Crippen molar-refractivity contribution in [1.29, 1.82) is 0 Å². The van der Waals surface area contributed by atoms with Gasteiger partial charge in [-0.1, -0.05) is 65.6 Å². The average molecular weight is 338 g/mol. The zero-order valence-electron chi connectivity index (χ0n) is 11.6. The highest BCUT2D eigenvalue weighted by molar-refractivity contribution is 8.23. The summed E-state index contributed by atoms with van der Waals surface area (Å²) < 4.78 is 0.674. The Labute approximate surface area is 136 Å². The number of aromatic nitrogens is 2. The van der Waals surface area contributed by atoms with Crippen molar-refractivity contribution in [1.82, 2.24) is 15.1 Å². The molecule has 0 aliphatic carbocycles. The quantitative estimate of drug-likeness (QED) is 0.865. The molecule has 1 N–H and O–H groups in total. The Morgan fingerprint density at radius 2 is 2.05 bits per heavy atom. The Balaban J connectivity index is 1.91. The molecule has 8 heteroatoms. The summed E-state index contributed by atoms with van der Waals surface area (Å²) in [6.07, 6.45) is 0. The number of carbonyl (C=O) groups is 1. The summed E-state index contributed by atoms with van der Waals surface area (Å²) in [4.78, 5) is 13.6. The van der Waals surface area contributed by atoms with E-state index in [4.69, 9.17) is 12.2 Å². The van der Waals surface area contributed by atoms with Gasteiger partial charge in [0.15, 0.2) is 0 Å². The molecule has 0 unspecified atom stereocenters. The molecule has 0 fully saturated rings. The molecule has 1 heterocycles. The second kappa shape index (κ2) is 7.48. The Hall–Kier alpha value is -1.51. The van der Waals surface area contributed by atoms with Crippen molar-refractivity contribution in [2.45, 2.75) is 0 Å². The molecule has 5 nitrogen and oxygen atoms in total. The van der Waals surface area contributed by atoms with Crippen molar-refractivity contribution in [2.24, 2.45) is 0 Å². The second-order valence-corrected chi connectivity index (χ2v) is 6.86. The van der Waals surface area contributed by atoms with E-state index < -0.39 is 0 Å². The molecule has 0 bridgehead atoms. The van der Waals surface area contributed by atoms with E-state index in [1.807, 2.05) is 44.4 Å². The van der Waals surface area contributed by atoms with Gasteiger partial charge in [-0.25, -0.2) is 0 Å². The molecule has 0 aliphatic rings. The van der Waals surface area contributed by atoms with Crippen molar-refractivity contribution in [3.05, 3.63) is 30.3 Å². The van der Waals surface area contributed by atoms with Gasteiger partial charge in [-0.3, -0.25) is 10.1 Å². The summed E-state index contributed by atoms with van der Waals surface area (Å²) in [5, 5.41) is 12.1. The van der Waals surface area contributed by atoms with Gasteiger partial charge >= 0.3 is 0 Å². The van der Waals surface area contributed by atoms with Crippen LogP contribution in [0.15, 0.2) is 30.3 Å². The van der Waals surface area contributed by atoms with Crippen LogP contribution in [-0.2, 0) is 4.79 Å². The molecule has 0 saturated carbocycles. The van der Waals surface area contributed by atoms with Crippen LogP contribution in [0.3, 0.4) is 0 Å². The summed E-state index contributed by atoms with van der Waals surface area (Å²) in [7, 11) is 3.70. The zero-order chi connectivity index (χ0) is 15.2. The predicted molar refractivity (Wildman–Crippen MR) is 92.7 cm³/mol. The molecule has 0 saturated heterocycles. The van der Waals surface area contributed by atoms with Crippen molar-refractivity contribution in [3.8, 4) is 10.6 Å². The highest BCUT2D eigenvalue weighted by Gasteiger charge is 2.11. The molecule has 0 spiro atoms. The third-order valence-corrected chi connectivity index (χ3v) is 5.01. The number of nitrogens with one attached hydrogen (secondary N) is 1. The number of carbonyl (C=O) groups excluding carboxylic acids is 1. The number of thioether (sulfide) groups is 1. The maximum absolute atomic E-state index is 11.8. The van der Waals surface area contributed by atoms with Crippen LogP contribution in [0.25, 0.3) is 10.6 Å². The van der Waals surface area contributed by atoms with Crippen LogP contribution >= 0.6 is 35.3 Å². The van der Waals surface area contributed by atoms with Gasteiger partial charge in [0.25, 0.3) is 0 Å². The Kier molecular flexibility index (Phi) is 5.66. The first-order chi connectivity index (χ1) is 10.1. The van der Waals surface area contributed by atoms with Gasteiger partial charge < -0.3 is 4.90 Å². The number of anilines is 1. The first kappa shape index (κ1) is 15.9. The maximum atomic E-state index is 11.8. The molecule has 21 heavy (non-hydrogen) atoms. The molecule has 2 rings (SSSR count). The van der Waals surface area contributed by atoms with E-state index in [2.05, 4.69) is 15.5 Å². The molecule has 2 aromatic rings. The Bertz CT molecular complexity index is 627. The minimum atomic E-state index is -0.139. The summed E-state index contributed by atoms with van der Waals surface area (Å²) in [5.74, 6) is 0.122. The van der Waals surface area contributed by atoms with Gasteiger partial charge in [-0.05, 0) is 0 Å². The summed E-state index contributed by atoms with van der Waals surface area (Å²) in [6, 6.07) is 9.73. The molecule has 1 aromatic carbocycles. The minimum Gasteiger partial charge on any atom is -0.364 e. The van der Waals surface area contributed by atoms with Crippen molar-refractivity contribution in [3.63, 3.8) is 0 Å². The van der Waals surface area contributed by atoms with E-state index in [9.17, 15) is 4.79 Å². The van der Waals surface area contributed by atoms with E-state index in [0.29, 0.717) is 9.45 Å². The number of nitrogens with zero attached hydrogens (tertiary/aromatic N) is 3. The van der Waals surface area contributed by atoms with Gasteiger partial charge in [0, 0.05) is 19.7 Å². The second-order valence-electron chi connectivity index (χ2n) is 4.28. The van der Waals surface area contributed by atoms with E-state index in [1.165, 1.54) is 23.1 Å². The van der Waals surface area contributed by atoms with E-state index in [0.717, 1.165) is 10.6 Å². The summed E-state index contributed by atoms with van der Waals surface area (Å²) in [5.41, 5.74) is 0.985. The third kappa shape index (κ3) is 4.76. The van der Waals surface area contributed by atoms with Gasteiger partial charge in [-0.2, -0.15) is 0 Å². The lowest BCUT2D eigenvalue weighted by Crippen LogP contribution is -2.20. The lowest BCUT2D eigenvalue weighted by molar-refractivity contribution is -0.113. The van der Waals surface area contributed by atoms with Gasteiger partial charge in [0.2, 0.25) is 11.0 Å². The lowest BCUT2D eigenvalue weighted by atomic mass is 10.2. The number of hydrogen-bond donors (Lipinski definition) is 1. The highest BCUT2D eigenvalue weighted by Crippen LogP contribution is 2.25. The molecule has 0 aliphatic heterocycles. The molecule has 1 amide bonds. The van der Waals surface area contributed by atoms with E-state index >= 15 is 0 Å². The first-order valence-corrected chi connectivity index (χ1v) is 8.30. The van der Waals surface area contributed by atoms with Crippen molar-refractivity contribution in [2.75, 3.05) is 25.2 Å². The van der Waals surface area contributed by atoms with Gasteiger partial charge in [0.1, 0.15) is 9.33 Å². The Morgan fingerprint density at radius 1 is 1.33 bits per heavy atom. The largest absolute Gasteiger partial charge is 0.364 e. The van der Waals surface area contributed by atoms with Crippen LogP contribution in [0.4, 0.5) is 5.13 Å². The van der Waals surface area contributed by atoms with Crippen molar-refractivity contribution >= 4 is 50.7 Å². The lowest BCUT2D eigenvalue weighted by Gasteiger charge is -2.11. The van der Waals surface area contributed by atoms with Crippen LogP contribution < -0.4 is 5.32 Å². The number of benzene rings is 1. The average Bonchev–Trinajstić information content (AvgIpc) is 2.94. The monoisotopic (exact) mass is 338 g/mol. The fourth-order valence-electron chi connectivity index (χ4n) is 1.38. The normalized spacial score (nSPS) is 10.2. The van der Waals surface area contributed by atoms with Crippen LogP contribution in [0.1, 0.15) is 0 Å². The Morgan fingerprint density at radius 3 is 2.71 bits per heavy atom. The smallest absolute Gasteiger partial charge is 0.236 e. The number of hydrogen-bond acceptors (Lipinski definition) is 6. The molecule has 0 atom stereocenters.